The largest absolute Gasteiger partial charge is 0.497 e. The lowest BCUT2D eigenvalue weighted by atomic mass is 10.3. The van der Waals surface area contributed by atoms with Gasteiger partial charge in [0, 0.05) is 19.2 Å². The predicted molar refractivity (Wildman–Crippen MR) is 76.4 cm³/mol. The van der Waals surface area contributed by atoms with E-state index in [1.165, 1.54) is 25.9 Å². The van der Waals surface area contributed by atoms with Crippen molar-refractivity contribution in [3.8, 4) is 5.75 Å². The first-order valence-corrected chi connectivity index (χ1v) is 6.80. The Morgan fingerprint density at radius 1 is 1.26 bits per heavy atom. The van der Waals surface area contributed by atoms with Gasteiger partial charge in [-0.3, -0.25) is 0 Å². The number of nitrogens with zero attached hydrogens (tertiary/aromatic N) is 3. The van der Waals surface area contributed by atoms with Crippen LogP contribution in [0.15, 0.2) is 18.2 Å². The van der Waals surface area contributed by atoms with Crippen LogP contribution in [0.5, 0.6) is 5.75 Å². The van der Waals surface area contributed by atoms with Crippen molar-refractivity contribution in [3.05, 3.63) is 18.2 Å². The molecule has 5 heteroatoms. The van der Waals surface area contributed by atoms with E-state index >= 15 is 0 Å². The molecule has 0 aliphatic carbocycles. The minimum Gasteiger partial charge on any atom is -0.497 e. The van der Waals surface area contributed by atoms with E-state index in [1.54, 1.807) is 7.11 Å². The van der Waals surface area contributed by atoms with Crippen LogP contribution in [0, 0.1) is 0 Å². The van der Waals surface area contributed by atoms with E-state index in [4.69, 9.17) is 10.5 Å². The molecule has 1 aromatic carbocycles. The quantitative estimate of drug-likeness (QED) is 0.909. The second kappa shape index (κ2) is 5.09. The highest BCUT2D eigenvalue weighted by Gasteiger charge is 2.13. The highest BCUT2D eigenvalue weighted by molar-refractivity contribution is 5.79. The molecule has 0 unspecified atom stereocenters. The molecule has 19 heavy (non-hydrogen) atoms. The summed E-state index contributed by atoms with van der Waals surface area (Å²) in [6.07, 6.45) is 2.63. The van der Waals surface area contributed by atoms with Crippen molar-refractivity contribution in [1.29, 1.82) is 0 Å². The highest BCUT2D eigenvalue weighted by atomic mass is 16.5. The zero-order valence-electron chi connectivity index (χ0n) is 11.3. The molecule has 0 spiro atoms. The monoisotopic (exact) mass is 260 g/mol. The van der Waals surface area contributed by atoms with Gasteiger partial charge in [-0.15, -0.1) is 0 Å². The molecule has 2 heterocycles. The fraction of sp³-hybridized carbons (Fsp3) is 0.500. The molecular weight excluding hydrogens is 240 g/mol. The number of rotatable bonds is 4. The first-order chi connectivity index (χ1) is 9.28. The number of methoxy groups -OCH3 is 1. The van der Waals surface area contributed by atoms with Crippen molar-refractivity contribution in [2.24, 2.45) is 0 Å². The molecule has 0 amide bonds. The normalized spacial score (nSPS) is 16.3. The summed E-state index contributed by atoms with van der Waals surface area (Å²) >= 11 is 0. The maximum atomic E-state index is 6.02. The smallest absolute Gasteiger partial charge is 0.201 e. The Kier molecular flexibility index (Phi) is 3.29. The number of likely N-dealkylation sites (tertiary alicyclic amines) is 1. The molecule has 1 aliphatic heterocycles. The molecule has 102 valence electrons. The lowest BCUT2D eigenvalue weighted by Crippen LogP contribution is -2.24. The average Bonchev–Trinajstić information content (AvgIpc) is 3.03. The first-order valence-electron chi connectivity index (χ1n) is 6.80. The van der Waals surface area contributed by atoms with Crippen molar-refractivity contribution < 1.29 is 4.74 Å². The van der Waals surface area contributed by atoms with E-state index in [0.29, 0.717) is 5.95 Å². The molecule has 0 bridgehead atoms. The summed E-state index contributed by atoms with van der Waals surface area (Å²) in [5.41, 5.74) is 8.00. The summed E-state index contributed by atoms with van der Waals surface area (Å²) in [7, 11) is 1.68. The molecule has 3 rings (SSSR count). The lowest BCUT2D eigenvalue weighted by molar-refractivity contribution is 0.325. The molecule has 0 radical (unpaired) electrons. The zero-order chi connectivity index (χ0) is 13.2. The summed E-state index contributed by atoms with van der Waals surface area (Å²) in [5, 5.41) is 0. The van der Waals surface area contributed by atoms with Gasteiger partial charge in [-0.25, -0.2) is 4.98 Å². The van der Waals surface area contributed by atoms with Gasteiger partial charge in [0.25, 0.3) is 0 Å². The van der Waals surface area contributed by atoms with E-state index in [-0.39, 0.29) is 0 Å². The van der Waals surface area contributed by atoms with Gasteiger partial charge in [0.1, 0.15) is 5.75 Å². The van der Waals surface area contributed by atoms with Crippen LogP contribution in [-0.4, -0.2) is 41.2 Å². The fourth-order valence-electron chi connectivity index (χ4n) is 2.73. The van der Waals surface area contributed by atoms with Gasteiger partial charge in [-0.2, -0.15) is 0 Å². The van der Waals surface area contributed by atoms with Crippen molar-refractivity contribution in [3.63, 3.8) is 0 Å². The third kappa shape index (κ3) is 2.38. The maximum absolute atomic E-state index is 6.02. The maximum Gasteiger partial charge on any atom is 0.201 e. The van der Waals surface area contributed by atoms with E-state index in [0.717, 1.165) is 29.9 Å². The number of hydrogen-bond acceptors (Lipinski definition) is 4. The van der Waals surface area contributed by atoms with E-state index < -0.39 is 0 Å². The fourth-order valence-corrected chi connectivity index (χ4v) is 2.73. The van der Waals surface area contributed by atoms with Crippen molar-refractivity contribution >= 4 is 17.0 Å². The van der Waals surface area contributed by atoms with Crippen LogP contribution < -0.4 is 10.5 Å². The Balaban J connectivity index is 1.85. The third-order valence-corrected chi connectivity index (χ3v) is 3.82. The number of ether oxygens (including phenoxy) is 1. The summed E-state index contributed by atoms with van der Waals surface area (Å²) < 4.78 is 7.35. The molecule has 1 saturated heterocycles. The standard InChI is InChI=1S/C14H20N4O/c1-19-11-4-5-12-13(10-11)18(14(15)16-12)9-8-17-6-2-3-7-17/h4-5,10H,2-3,6-9H2,1H3,(H2,15,16). The van der Waals surface area contributed by atoms with E-state index in [1.807, 2.05) is 18.2 Å². The van der Waals surface area contributed by atoms with Crippen LogP contribution in [0.1, 0.15) is 12.8 Å². The Bertz CT molecular complexity index is 572. The van der Waals surface area contributed by atoms with Crippen molar-refractivity contribution in [2.75, 3.05) is 32.5 Å². The van der Waals surface area contributed by atoms with Gasteiger partial charge in [-0.1, -0.05) is 0 Å². The number of anilines is 1. The molecule has 1 aliphatic rings. The van der Waals surface area contributed by atoms with Crippen LogP contribution in [0.3, 0.4) is 0 Å². The Morgan fingerprint density at radius 2 is 2.05 bits per heavy atom. The number of nitrogen functional groups attached to an aromatic ring is 1. The summed E-state index contributed by atoms with van der Waals surface area (Å²) in [5.74, 6) is 1.43. The minimum absolute atomic E-state index is 0.586. The molecular formula is C14H20N4O. The molecule has 5 nitrogen and oxygen atoms in total. The second-order valence-corrected chi connectivity index (χ2v) is 5.03. The SMILES string of the molecule is COc1ccc2nc(N)n(CCN3CCCC3)c2c1. The van der Waals surface area contributed by atoms with Gasteiger partial charge in [0.05, 0.1) is 18.1 Å². The van der Waals surface area contributed by atoms with Crippen LogP contribution >= 0.6 is 0 Å². The third-order valence-electron chi connectivity index (χ3n) is 3.82. The minimum atomic E-state index is 0.586. The van der Waals surface area contributed by atoms with Gasteiger partial charge in [0.2, 0.25) is 5.95 Å². The van der Waals surface area contributed by atoms with E-state index in [2.05, 4.69) is 14.5 Å². The number of hydrogen-bond donors (Lipinski definition) is 1. The van der Waals surface area contributed by atoms with Crippen molar-refractivity contribution in [2.45, 2.75) is 19.4 Å². The van der Waals surface area contributed by atoms with Crippen LogP contribution in [0.25, 0.3) is 11.0 Å². The molecule has 0 saturated carbocycles. The lowest BCUT2D eigenvalue weighted by Gasteiger charge is -2.15. The van der Waals surface area contributed by atoms with E-state index in [9.17, 15) is 0 Å². The number of nitrogens with two attached hydrogens (primary N) is 1. The Labute approximate surface area is 113 Å². The zero-order valence-corrected chi connectivity index (χ0v) is 11.3. The first kappa shape index (κ1) is 12.3. The number of fused-ring (bicyclic) bond motifs is 1. The van der Waals surface area contributed by atoms with Gasteiger partial charge < -0.3 is 19.9 Å². The summed E-state index contributed by atoms with van der Waals surface area (Å²) in [4.78, 5) is 6.88. The molecule has 0 atom stereocenters. The predicted octanol–water partition coefficient (Wildman–Crippen LogP) is 1.72. The number of aromatic nitrogens is 2. The van der Waals surface area contributed by atoms with Gasteiger partial charge in [-0.05, 0) is 38.1 Å². The summed E-state index contributed by atoms with van der Waals surface area (Å²) in [6, 6.07) is 5.87. The average molecular weight is 260 g/mol. The van der Waals surface area contributed by atoms with Gasteiger partial charge >= 0.3 is 0 Å². The van der Waals surface area contributed by atoms with Gasteiger partial charge in [0.15, 0.2) is 0 Å². The Morgan fingerprint density at radius 3 is 2.79 bits per heavy atom. The van der Waals surface area contributed by atoms with Crippen LogP contribution in [0.2, 0.25) is 0 Å². The second-order valence-electron chi connectivity index (χ2n) is 5.03. The Hall–Kier alpha value is -1.75. The summed E-state index contributed by atoms with van der Waals surface area (Å²) in [6.45, 7) is 4.33. The topological polar surface area (TPSA) is 56.3 Å². The molecule has 1 fully saturated rings. The molecule has 2 N–H and O–H groups in total. The highest BCUT2D eigenvalue weighted by Crippen LogP contribution is 2.23. The molecule has 1 aromatic heterocycles. The van der Waals surface area contributed by atoms with Crippen molar-refractivity contribution in [1.82, 2.24) is 14.5 Å². The molecule has 2 aromatic rings. The van der Waals surface area contributed by atoms with Crippen LogP contribution in [-0.2, 0) is 6.54 Å². The number of imidazole rings is 1. The number of benzene rings is 1. The van der Waals surface area contributed by atoms with Crippen LogP contribution in [0.4, 0.5) is 5.95 Å².